The molecule has 0 aliphatic rings. The quantitative estimate of drug-likeness (QED) is 0.840. The van der Waals surface area contributed by atoms with Crippen molar-refractivity contribution in [1.82, 2.24) is 14.8 Å². The number of rotatable bonds is 3. The Morgan fingerprint density at radius 1 is 1.41 bits per heavy atom. The Morgan fingerprint density at radius 3 is 2.65 bits per heavy atom. The van der Waals surface area contributed by atoms with E-state index in [1.165, 1.54) is 16.8 Å². The molecule has 1 atom stereocenters. The number of aromatic nitrogens is 3. The molecule has 0 aliphatic carbocycles. The van der Waals surface area contributed by atoms with E-state index in [9.17, 15) is 8.60 Å². The van der Waals surface area contributed by atoms with E-state index in [0.717, 1.165) is 0 Å². The number of benzene rings is 1. The fourth-order valence-corrected chi connectivity index (χ4v) is 1.85. The monoisotopic (exact) mass is 255 g/mol. The standard InChI is InChI=1S/C10H10FN3O2S/c1-14-9(6-17(15)16)12-10(13-14)7-2-4-8(11)5-3-7/h2-5H,6H2,1H3,(H,15,16). The lowest BCUT2D eigenvalue weighted by molar-refractivity contribution is 0.559. The van der Waals surface area contributed by atoms with E-state index in [0.29, 0.717) is 17.2 Å². The first-order chi connectivity index (χ1) is 8.06. The third-order valence-electron chi connectivity index (χ3n) is 2.21. The van der Waals surface area contributed by atoms with Crippen molar-refractivity contribution in [2.45, 2.75) is 5.75 Å². The van der Waals surface area contributed by atoms with Gasteiger partial charge >= 0.3 is 0 Å². The Balaban J connectivity index is 2.34. The Bertz CT molecular complexity index is 553. The van der Waals surface area contributed by atoms with Crippen LogP contribution in [0.15, 0.2) is 24.3 Å². The van der Waals surface area contributed by atoms with Crippen molar-refractivity contribution in [3.63, 3.8) is 0 Å². The lowest BCUT2D eigenvalue weighted by Gasteiger charge is -1.93. The fourth-order valence-electron chi connectivity index (χ4n) is 1.37. The Kier molecular flexibility index (Phi) is 3.30. The van der Waals surface area contributed by atoms with Gasteiger partial charge in [-0.3, -0.25) is 4.68 Å². The van der Waals surface area contributed by atoms with Gasteiger partial charge in [0.2, 0.25) is 0 Å². The number of aryl methyl sites for hydroxylation is 1. The van der Waals surface area contributed by atoms with Crippen LogP contribution in [0.4, 0.5) is 4.39 Å². The Labute approximate surface area is 99.6 Å². The molecular weight excluding hydrogens is 245 g/mol. The molecule has 90 valence electrons. The number of halogens is 1. The van der Waals surface area contributed by atoms with Crippen LogP contribution < -0.4 is 0 Å². The molecule has 0 saturated heterocycles. The van der Waals surface area contributed by atoms with E-state index in [4.69, 9.17) is 4.55 Å². The Hall–Kier alpha value is -1.60. The molecule has 1 aromatic heterocycles. The minimum absolute atomic E-state index is 0.0787. The maximum absolute atomic E-state index is 12.7. The first-order valence-corrected chi connectivity index (χ1v) is 6.07. The van der Waals surface area contributed by atoms with Crippen LogP contribution in [0.1, 0.15) is 5.82 Å². The van der Waals surface area contributed by atoms with Gasteiger partial charge in [0.05, 0.1) is 0 Å². The van der Waals surface area contributed by atoms with E-state index in [1.54, 1.807) is 19.2 Å². The smallest absolute Gasteiger partial charge is 0.181 e. The van der Waals surface area contributed by atoms with Crippen molar-refractivity contribution in [3.05, 3.63) is 35.9 Å². The van der Waals surface area contributed by atoms with Gasteiger partial charge in [0, 0.05) is 12.6 Å². The summed E-state index contributed by atoms with van der Waals surface area (Å²) in [5.74, 6) is 0.407. The van der Waals surface area contributed by atoms with Gasteiger partial charge < -0.3 is 4.55 Å². The van der Waals surface area contributed by atoms with Crippen molar-refractivity contribution in [2.75, 3.05) is 0 Å². The summed E-state index contributed by atoms with van der Waals surface area (Å²) in [7, 11) is 1.64. The van der Waals surface area contributed by atoms with Crippen molar-refractivity contribution in [1.29, 1.82) is 0 Å². The summed E-state index contributed by atoms with van der Waals surface area (Å²) >= 11 is -1.96. The molecule has 0 fully saturated rings. The second kappa shape index (κ2) is 4.72. The molecule has 1 N–H and O–H groups in total. The van der Waals surface area contributed by atoms with Crippen LogP contribution in [-0.2, 0) is 23.9 Å². The molecule has 1 aromatic carbocycles. The second-order valence-electron chi connectivity index (χ2n) is 3.45. The van der Waals surface area contributed by atoms with Gasteiger partial charge in [-0.15, -0.1) is 0 Å². The molecule has 5 nitrogen and oxygen atoms in total. The lowest BCUT2D eigenvalue weighted by atomic mass is 10.2. The molecule has 0 spiro atoms. The van der Waals surface area contributed by atoms with Crippen molar-refractivity contribution in [2.24, 2.45) is 7.05 Å². The molecule has 0 saturated carbocycles. The van der Waals surface area contributed by atoms with Crippen LogP contribution in [0.3, 0.4) is 0 Å². The van der Waals surface area contributed by atoms with E-state index in [-0.39, 0.29) is 11.6 Å². The average Bonchev–Trinajstić information content (AvgIpc) is 2.60. The van der Waals surface area contributed by atoms with Gasteiger partial charge in [-0.05, 0) is 24.3 Å². The SMILES string of the molecule is Cn1nc(-c2ccc(F)cc2)nc1CS(=O)O. The second-order valence-corrected chi connectivity index (χ2v) is 4.38. The zero-order valence-electron chi connectivity index (χ0n) is 9.00. The van der Waals surface area contributed by atoms with Gasteiger partial charge in [0.25, 0.3) is 0 Å². The molecule has 1 heterocycles. The predicted molar refractivity (Wildman–Crippen MR) is 60.9 cm³/mol. The largest absolute Gasteiger partial charge is 0.306 e. The minimum atomic E-state index is -1.96. The van der Waals surface area contributed by atoms with E-state index in [2.05, 4.69) is 10.1 Å². The minimum Gasteiger partial charge on any atom is -0.306 e. The number of nitrogens with zero attached hydrogens (tertiary/aromatic N) is 3. The van der Waals surface area contributed by atoms with Gasteiger partial charge in [-0.25, -0.2) is 13.6 Å². The summed E-state index contributed by atoms with van der Waals surface area (Å²) in [5, 5.41) is 4.10. The van der Waals surface area contributed by atoms with Crippen LogP contribution in [0.2, 0.25) is 0 Å². The summed E-state index contributed by atoms with van der Waals surface area (Å²) in [6.45, 7) is 0. The van der Waals surface area contributed by atoms with Crippen molar-refractivity contribution in [3.8, 4) is 11.4 Å². The molecule has 7 heteroatoms. The maximum Gasteiger partial charge on any atom is 0.181 e. The van der Waals surface area contributed by atoms with Crippen LogP contribution in [0.25, 0.3) is 11.4 Å². The molecular formula is C10H10FN3O2S. The Morgan fingerprint density at radius 2 is 2.06 bits per heavy atom. The summed E-state index contributed by atoms with van der Waals surface area (Å²) in [6.07, 6.45) is 0. The van der Waals surface area contributed by atoms with Gasteiger partial charge in [-0.2, -0.15) is 5.10 Å². The molecule has 1 unspecified atom stereocenters. The zero-order chi connectivity index (χ0) is 12.4. The highest BCUT2D eigenvalue weighted by molar-refractivity contribution is 7.78. The lowest BCUT2D eigenvalue weighted by Crippen LogP contribution is -2.02. The first kappa shape index (κ1) is 11.9. The highest BCUT2D eigenvalue weighted by Gasteiger charge is 2.11. The van der Waals surface area contributed by atoms with Gasteiger partial charge in [-0.1, -0.05) is 0 Å². The summed E-state index contributed by atoms with van der Waals surface area (Å²) in [4.78, 5) is 4.13. The van der Waals surface area contributed by atoms with Crippen LogP contribution in [-0.4, -0.2) is 23.5 Å². The summed E-state index contributed by atoms with van der Waals surface area (Å²) in [6, 6.07) is 5.75. The maximum atomic E-state index is 12.7. The first-order valence-electron chi connectivity index (χ1n) is 4.79. The fraction of sp³-hybridized carbons (Fsp3) is 0.200. The van der Waals surface area contributed by atoms with Crippen molar-refractivity contribution >= 4 is 11.1 Å². The van der Waals surface area contributed by atoms with E-state index < -0.39 is 11.1 Å². The topological polar surface area (TPSA) is 68.0 Å². The highest BCUT2D eigenvalue weighted by atomic mass is 32.2. The molecule has 2 rings (SSSR count). The number of hydrogen-bond acceptors (Lipinski definition) is 3. The average molecular weight is 255 g/mol. The molecule has 0 bridgehead atoms. The normalized spacial score (nSPS) is 12.6. The summed E-state index contributed by atoms with van der Waals surface area (Å²) < 4.78 is 33.7. The molecule has 0 aliphatic heterocycles. The predicted octanol–water partition coefficient (Wildman–Crippen LogP) is 1.34. The highest BCUT2D eigenvalue weighted by Crippen LogP contribution is 2.16. The van der Waals surface area contributed by atoms with Crippen molar-refractivity contribution < 1.29 is 13.2 Å². The van der Waals surface area contributed by atoms with Crippen LogP contribution >= 0.6 is 0 Å². The van der Waals surface area contributed by atoms with Crippen LogP contribution in [0, 0.1) is 5.82 Å². The third-order valence-corrected chi connectivity index (χ3v) is 2.71. The van der Waals surface area contributed by atoms with E-state index in [1.807, 2.05) is 0 Å². The van der Waals surface area contributed by atoms with E-state index >= 15 is 0 Å². The number of hydrogen-bond donors (Lipinski definition) is 1. The van der Waals surface area contributed by atoms with Crippen LogP contribution in [0.5, 0.6) is 0 Å². The molecule has 0 amide bonds. The summed E-state index contributed by atoms with van der Waals surface area (Å²) in [5.41, 5.74) is 0.664. The van der Waals surface area contributed by atoms with Gasteiger partial charge in [0.15, 0.2) is 16.9 Å². The zero-order valence-corrected chi connectivity index (χ0v) is 9.82. The third kappa shape index (κ3) is 2.75. The molecule has 2 aromatic rings. The molecule has 0 radical (unpaired) electrons. The molecule has 17 heavy (non-hydrogen) atoms. The van der Waals surface area contributed by atoms with Gasteiger partial charge in [0.1, 0.15) is 17.4 Å².